The van der Waals surface area contributed by atoms with Crippen molar-refractivity contribution >= 4 is 38.2 Å². The first-order chi connectivity index (χ1) is 10.6. The van der Waals surface area contributed by atoms with E-state index in [1.165, 1.54) is 5.56 Å². The minimum absolute atomic E-state index is 0.537. The first-order valence-electron chi connectivity index (χ1n) is 6.91. The Balaban J connectivity index is 2.18. The van der Waals surface area contributed by atoms with Crippen LogP contribution in [0.15, 0.2) is 47.1 Å². The summed E-state index contributed by atoms with van der Waals surface area (Å²) in [6.07, 6.45) is 1.61. The highest BCUT2D eigenvalue weighted by atomic mass is 79.9. The third kappa shape index (κ3) is 2.68. The molecule has 1 aromatic heterocycles. The zero-order valence-electron chi connectivity index (χ0n) is 12.3. The predicted octanol–water partition coefficient (Wildman–Crippen LogP) is 5.23. The van der Waals surface area contributed by atoms with Gasteiger partial charge in [0.05, 0.1) is 16.8 Å². The Morgan fingerprint density at radius 1 is 1.14 bits per heavy atom. The molecule has 3 nitrogen and oxygen atoms in total. The molecular formula is C18H14BrN3. The molecule has 0 amide bonds. The number of rotatable bonds is 2. The van der Waals surface area contributed by atoms with Crippen molar-refractivity contribution in [2.75, 3.05) is 5.32 Å². The molecule has 0 saturated carbocycles. The quantitative estimate of drug-likeness (QED) is 0.687. The molecule has 2 aromatic carbocycles. The number of nitrogens with zero attached hydrogens (tertiary/aromatic N) is 2. The van der Waals surface area contributed by atoms with Crippen molar-refractivity contribution in [1.82, 2.24) is 4.98 Å². The minimum Gasteiger partial charge on any atom is -0.354 e. The number of anilines is 2. The summed E-state index contributed by atoms with van der Waals surface area (Å²) < 4.78 is 0.967. The lowest BCUT2D eigenvalue weighted by Crippen LogP contribution is -1.98. The number of aromatic nitrogens is 1. The highest BCUT2D eigenvalue weighted by Crippen LogP contribution is 2.31. The summed E-state index contributed by atoms with van der Waals surface area (Å²) in [7, 11) is 0. The van der Waals surface area contributed by atoms with Crippen molar-refractivity contribution in [2.24, 2.45) is 0 Å². The molecule has 3 aromatic rings. The number of fused-ring (bicyclic) bond motifs is 1. The van der Waals surface area contributed by atoms with Crippen LogP contribution in [0.1, 0.15) is 16.7 Å². The second-order valence-electron chi connectivity index (χ2n) is 5.26. The molecule has 0 saturated heterocycles. The minimum atomic E-state index is 0.537. The molecule has 0 radical (unpaired) electrons. The van der Waals surface area contributed by atoms with E-state index < -0.39 is 0 Å². The summed E-state index contributed by atoms with van der Waals surface area (Å²) in [5.41, 5.74) is 5.54. The molecule has 0 unspecified atom stereocenters. The van der Waals surface area contributed by atoms with Gasteiger partial charge < -0.3 is 5.32 Å². The summed E-state index contributed by atoms with van der Waals surface area (Å²) in [6.45, 7) is 4.12. The Morgan fingerprint density at radius 3 is 2.68 bits per heavy atom. The normalized spacial score (nSPS) is 10.5. The van der Waals surface area contributed by atoms with Crippen LogP contribution in [-0.4, -0.2) is 4.98 Å². The van der Waals surface area contributed by atoms with E-state index in [1.807, 2.05) is 24.3 Å². The summed E-state index contributed by atoms with van der Waals surface area (Å²) in [6, 6.07) is 14.3. The second kappa shape index (κ2) is 5.78. The highest BCUT2D eigenvalue weighted by Gasteiger charge is 2.10. The Kier molecular flexibility index (Phi) is 3.82. The van der Waals surface area contributed by atoms with Gasteiger partial charge in [-0.15, -0.1) is 0 Å². The number of nitrogens with one attached hydrogen (secondary N) is 1. The topological polar surface area (TPSA) is 48.7 Å². The molecule has 0 bridgehead atoms. The van der Waals surface area contributed by atoms with Crippen LogP contribution in [0, 0.1) is 25.2 Å². The summed E-state index contributed by atoms with van der Waals surface area (Å²) in [5.74, 6) is 0. The number of pyridine rings is 1. The van der Waals surface area contributed by atoms with E-state index in [0.717, 1.165) is 32.3 Å². The third-order valence-corrected chi connectivity index (χ3v) is 4.09. The zero-order valence-corrected chi connectivity index (χ0v) is 13.9. The van der Waals surface area contributed by atoms with Crippen LogP contribution >= 0.6 is 15.9 Å². The molecule has 1 heterocycles. The maximum absolute atomic E-state index is 9.38. The van der Waals surface area contributed by atoms with E-state index in [1.54, 1.807) is 6.20 Å². The molecule has 0 atom stereocenters. The van der Waals surface area contributed by atoms with Gasteiger partial charge in [0, 0.05) is 21.7 Å². The number of nitriles is 1. The number of aryl methyl sites for hydroxylation is 2. The molecule has 0 aliphatic heterocycles. The fraction of sp³-hybridized carbons (Fsp3) is 0.111. The molecule has 4 heteroatoms. The lowest BCUT2D eigenvalue weighted by Gasteiger charge is -2.14. The van der Waals surface area contributed by atoms with Gasteiger partial charge in [-0.3, -0.25) is 4.98 Å². The fourth-order valence-electron chi connectivity index (χ4n) is 2.47. The van der Waals surface area contributed by atoms with Crippen molar-refractivity contribution < 1.29 is 0 Å². The molecule has 22 heavy (non-hydrogen) atoms. The Labute approximate surface area is 137 Å². The van der Waals surface area contributed by atoms with Gasteiger partial charge in [0.15, 0.2) is 0 Å². The lowest BCUT2D eigenvalue weighted by molar-refractivity contribution is 1.34. The molecule has 0 aliphatic carbocycles. The van der Waals surface area contributed by atoms with Gasteiger partial charge in [0.25, 0.3) is 0 Å². The van der Waals surface area contributed by atoms with Gasteiger partial charge in [-0.25, -0.2) is 0 Å². The third-order valence-electron chi connectivity index (χ3n) is 3.59. The van der Waals surface area contributed by atoms with Crippen LogP contribution < -0.4 is 5.32 Å². The Morgan fingerprint density at radius 2 is 1.95 bits per heavy atom. The van der Waals surface area contributed by atoms with Crippen LogP contribution in [0.3, 0.4) is 0 Å². The van der Waals surface area contributed by atoms with E-state index in [-0.39, 0.29) is 0 Å². The van der Waals surface area contributed by atoms with Crippen molar-refractivity contribution in [1.29, 1.82) is 5.26 Å². The van der Waals surface area contributed by atoms with Crippen LogP contribution in [0.5, 0.6) is 0 Å². The van der Waals surface area contributed by atoms with Gasteiger partial charge >= 0.3 is 0 Å². The molecule has 0 aliphatic rings. The van der Waals surface area contributed by atoms with Crippen molar-refractivity contribution in [3.8, 4) is 6.07 Å². The number of hydrogen-bond donors (Lipinski definition) is 1. The van der Waals surface area contributed by atoms with Gasteiger partial charge in [-0.1, -0.05) is 33.6 Å². The molecule has 0 spiro atoms. The van der Waals surface area contributed by atoms with Crippen molar-refractivity contribution in [3.63, 3.8) is 0 Å². The van der Waals surface area contributed by atoms with Crippen LogP contribution in [0.25, 0.3) is 10.9 Å². The van der Waals surface area contributed by atoms with Crippen LogP contribution in [-0.2, 0) is 0 Å². The average Bonchev–Trinajstić information content (AvgIpc) is 2.49. The average molecular weight is 352 g/mol. The van der Waals surface area contributed by atoms with E-state index in [9.17, 15) is 5.26 Å². The van der Waals surface area contributed by atoms with E-state index in [4.69, 9.17) is 0 Å². The fourth-order valence-corrected chi connectivity index (χ4v) is 2.82. The number of halogens is 1. The lowest BCUT2D eigenvalue weighted by atomic mass is 10.1. The van der Waals surface area contributed by atoms with E-state index >= 15 is 0 Å². The van der Waals surface area contributed by atoms with Gasteiger partial charge in [0.2, 0.25) is 0 Å². The van der Waals surface area contributed by atoms with E-state index in [2.05, 4.69) is 58.3 Å². The van der Waals surface area contributed by atoms with Gasteiger partial charge in [0.1, 0.15) is 6.07 Å². The first kappa shape index (κ1) is 14.6. The highest BCUT2D eigenvalue weighted by molar-refractivity contribution is 9.10. The van der Waals surface area contributed by atoms with Crippen LogP contribution in [0.2, 0.25) is 0 Å². The molecular weight excluding hydrogens is 338 g/mol. The second-order valence-corrected chi connectivity index (χ2v) is 6.18. The van der Waals surface area contributed by atoms with Gasteiger partial charge in [-0.05, 0) is 43.7 Å². The first-order valence-corrected chi connectivity index (χ1v) is 7.70. The molecule has 0 fully saturated rings. The molecule has 108 valence electrons. The maximum atomic E-state index is 9.38. The molecule has 1 N–H and O–H groups in total. The Hall–Kier alpha value is -2.38. The largest absolute Gasteiger partial charge is 0.354 e. The Bertz CT molecular complexity index is 910. The monoisotopic (exact) mass is 351 g/mol. The maximum Gasteiger partial charge on any atom is 0.103 e. The van der Waals surface area contributed by atoms with E-state index in [0.29, 0.717) is 5.56 Å². The van der Waals surface area contributed by atoms with Crippen molar-refractivity contribution in [2.45, 2.75) is 13.8 Å². The van der Waals surface area contributed by atoms with Crippen molar-refractivity contribution in [3.05, 3.63) is 63.8 Å². The number of hydrogen-bond acceptors (Lipinski definition) is 3. The number of benzene rings is 2. The summed E-state index contributed by atoms with van der Waals surface area (Å²) in [4.78, 5) is 4.36. The summed E-state index contributed by atoms with van der Waals surface area (Å²) in [5, 5.41) is 13.7. The predicted molar refractivity (Wildman–Crippen MR) is 93.4 cm³/mol. The standard InChI is InChI=1S/C18H14BrN3/c1-11-3-6-16(12(2)7-11)22-18-13(9-20)10-21-17-8-14(19)4-5-15(17)18/h3-8,10H,1-2H3,(H,21,22). The smallest absolute Gasteiger partial charge is 0.103 e. The molecule has 3 rings (SSSR count). The van der Waals surface area contributed by atoms with Gasteiger partial charge in [-0.2, -0.15) is 5.26 Å². The summed E-state index contributed by atoms with van der Waals surface area (Å²) >= 11 is 3.45. The SMILES string of the molecule is Cc1ccc(Nc2c(C#N)cnc3cc(Br)ccc23)c(C)c1. The van der Waals surface area contributed by atoms with Crippen LogP contribution in [0.4, 0.5) is 11.4 Å². The zero-order chi connectivity index (χ0) is 15.7.